The number of aryl methyl sites for hydroxylation is 1. The molecule has 0 amide bonds. The Kier molecular flexibility index (Phi) is 5.75. The van der Waals surface area contributed by atoms with Gasteiger partial charge in [0, 0.05) is 5.54 Å². The first-order chi connectivity index (χ1) is 9.27. The van der Waals surface area contributed by atoms with E-state index in [9.17, 15) is 9.90 Å². The summed E-state index contributed by atoms with van der Waals surface area (Å²) in [6.07, 6.45) is 3.24. The van der Waals surface area contributed by atoms with Gasteiger partial charge in [-0.2, -0.15) is 0 Å². The van der Waals surface area contributed by atoms with Crippen molar-refractivity contribution in [2.75, 3.05) is 6.54 Å². The van der Waals surface area contributed by atoms with E-state index in [1.54, 1.807) is 13.8 Å². The van der Waals surface area contributed by atoms with Crippen LogP contribution in [-0.2, 0) is 11.2 Å². The highest BCUT2D eigenvalue weighted by Crippen LogP contribution is 2.30. The van der Waals surface area contributed by atoms with Crippen molar-refractivity contribution in [3.8, 4) is 0 Å². The molecule has 0 aliphatic carbocycles. The van der Waals surface area contributed by atoms with Crippen molar-refractivity contribution >= 4 is 5.97 Å². The molecule has 0 aliphatic heterocycles. The second-order valence-corrected chi connectivity index (χ2v) is 6.42. The van der Waals surface area contributed by atoms with E-state index in [1.165, 1.54) is 5.56 Å². The smallest absolute Gasteiger partial charge is 0.310 e. The Balaban J connectivity index is 2.32. The first-order valence-electron chi connectivity index (χ1n) is 7.30. The van der Waals surface area contributed by atoms with Crippen LogP contribution in [0.2, 0.25) is 0 Å². The van der Waals surface area contributed by atoms with E-state index >= 15 is 0 Å². The first kappa shape index (κ1) is 16.7. The van der Waals surface area contributed by atoms with Crippen LogP contribution in [0.3, 0.4) is 0 Å². The Labute approximate surface area is 122 Å². The summed E-state index contributed by atoms with van der Waals surface area (Å²) in [5.41, 5.74) is 0.149. The van der Waals surface area contributed by atoms with Crippen LogP contribution < -0.4 is 5.32 Å². The monoisotopic (exact) mass is 277 g/mol. The summed E-state index contributed by atoms with van der Waals surface area (Å²) in [4.78, 5) is 11.3. The van der Waals surface area contributed by atoms with Crippen LogP contribution >= 0.6 is 0 Å². The average Bonchev–Trinajstić information content (AvgIpc) is 2.39. The minimum Gasteiger partial charge on any atom is -0.481 e. The Bertz CT molecular complexity index is 424. The van der Waals surface area contributed by atoms with E-state index in [0.29, 0.717) is 0 Å². The summed E-state index contributed by atoms with van der Waals surface area (Å²) < 4.78 is 0. The number of hydrogen-bond donors (Lipinski definition) is 2. The van der Waals surface area contributed by atoms with Crippen LogP contribution in [0.1, 0.15) is 46.1 Å². The predicted octanol–water partition coefficient (Wildman–Crippen LogP) is 3.49. The van der Waals surface area contributed by atoms with Gasteiger partial charge in [-0.25, -0.2) is 0 Å². The second-order valence-electron chi connectivity index (χ2n) is 6.42. The quantitative estimate of drug-likeness (QED) is 0.715. The van der Waals surface area contributed by atoms with E-state index in [4.69, 9.17) is 0 Å². The van der Waals surface area contributed by atoms with Crippen LogP contribution in [0, 0.1) is 5.41 Å². The maximum absolute atomic E-state index is 11.3. The number of carboxylic acids is 1. The SMILES string of the molecule is CC(C)(NCCCCc1ccccc1)C(C)(C)C(=O)O. The van der Waals surface area contributed by atoms with Crippen molar-refractivity contribution in [3.63, 3.8) is 0 Å². The van der Waals surface area contributed by atoms with E-state index in [2.05, 4.69) is 29.6 Å². The first-order valence-corrected chi connectivity index (χ1v) is 7.30. The second kappa shape index (κ2) is 6.89. The molecule has 0 saturated carbocycles. The molecular formula is C17H27NO2. The van der Waals surface area contributed by atoms with Gasteiger partial charge in [-0.15, -0.1) is 0 Å². The molecule has 0 radical (unpaired) electrons. The van der Waals surface area contributed by atoms with Crippen molar-refractivity contribution in [2.24, 2.45) is 5.41 Å². The molecule has 0 heterocycles. The molecule has 0 bridgehead atoms. The minimum absolute atomic E-state index is 0.425. The molecule has 1 aromatic rings. The Morgan fingerprint density at radius 2 is 1.70 bits per heavy atom. The van der Waals surface area contributed by atoms with Crippen molar-refractivity contribution in [1.29, 1.82) is 0 Å². The molecule has 0 spiro atoms. The summed E-state index contributed by atoms with van der Waals surface area (Å²) in [6, 6.07) is 10.4. The molecule has 0 aliphatic rings. The molecule has 0 aromatic heterocycles. The Hall–Kier alpha value is -1.35. The van der Waals surface area contributed by atoms with E-state index in [-0.39, 0.29) is 0 Å². The van der Waals surface area contributed by atoms with Gasteiger partial charge in [0.05, 0.1) is 5.41 Å². The lowest BCUT2D eigenvalue weighted by Gasteiger charge is -2.39. The summed E-state index contributed by atoms with van der Waals surface area (Å²) in [5.74, 6) is -0.765. The Morgan fingerprint density at radius 1 is 1.10 bits per heavy atom. The molecule has 1 rings (SSSR count). The zero-order valence-corrected chi connectivity index (χ0v) is 13.1. The molecule has 1 aromatic carbocycles. The lowest BCUT2D eigenvalue weighted by Crippen LogP contribution is -2.55. The van der Waals surface area contributed by atoms with Crippen LogP contribution in [-0.4, -0.2) is 23.2 Å². The van der Waals surface area contributed by atoms with Gasteiger partial charge in [0.15, 0.2) is 0 Å². The highest BCUT2D eigenvalue weighted by Gasteiger charge is 2.42. The topological polar surface area (TPSA) is 49.3 Å². The van der Waals surface area contributed by atoms with Gasteiger partial charge in [-0.3, -0.25) is 4.79 Å². The highest BCUT2D eigenvalue weighted by atomic mass is 16.4. The van der Waals surface area contributed by atoms with E-state index in [0.717, 1.165) is 25.8 Å². The van der Waals surface area contributed by atoms with Gasteiger partial charge < -0.3 is 10.4 Å². The average molecular weight is 277 g/mol. The van der Waals surface area contributed by atoms with E-state index < -0.39 is 16.9 Å². The molecule has 112 valence electrons. The third-order valence-electron chi connectivity index (χ3n) is 4.40. The number of nitrogens with one attached hydrogen (secondary N) is 1. The summed E-state index contributed by atoms with van der Waals surface area (Å²) >= 11 is 0. The van der Waals surface area contributed by atoms with Gasteiger partial charge in [-0.05, 0) is 59.1 Å². The van der Waals surface area contributed by atoms with Crippen LogP contribution in [0.25, 0.3) is 0 Å². The number of rotatable bonds is 8. The Morgan fingerprint density at radius 3 is 2.25 bits per heavy atom. The fraction of sp³-hybridized carbons (Fsp3) is 0.588. The molecule has 3 heteroatoms. The molecule has 0 saturated heterocycles. The maximum Gasteiger partial charge on any atom is 0.310 e. The largest absolute Gasteiger partial charge is 0.481 e. The number of carboxylic acid groups (broad SMARTS) is 1. The number of hydrogen-bond acceptors (Lipinski definition) is 2. The third kappa shape index (κ3) is 4.34. The predicted molar refractivity (Wildman–Crippen MR) is 82.9 cm³/mol. The zero-order valence-electron chi connectivity index (χ0n) is 13.1. The van der Waals surface area contributed by atoms with Gasteiger partial charge >= 0.3 is 5.97 Å². The molecule has 3 nitrogen and oxygen atoms in total. The number of unbranched alkanes of at least 4 members (excludes halogenated alkanes) is 1. The van der Waals surface area contributed by atoms with Crippen LogP contribution in [0.5, 0.6) is 0 Å². The summed E-state index contributed by atoms with van der Waals surface area (Å²) in [6.45, 7) is 8.30. The number of aliphatic carboxylic acids is 1. The van der Waals surface area contributed by atoms with Crippen LogP contribution in [0.15, 0.2) is 30.3 Å². The number of benzene rings is 1. The fourth-order valence-electron chi connectivity index (χ4n) is 1.99. The van der Waals surface area contributed by atoms with E-state index in [1.807, 2.05) is 19.9 Å². The molecule has 2 N–H and O–H groups in total. The van der Waals surface area contributed by atoms with Gasteiger partial charge in [0.25, 0.3) is 0 Å². The molecule has 0 fully saturated rings. The standard InChI is InChI=1S/C17H27NO2/c1-16(2,15(19)20)17(3,4)18-13-9-8-12-14-10-6-5-7-11-14/h5-7,10-11,18H,8-9,12-13H2,1-4H3,(H,19,20). The maximum atomic E-state index is 11.3. The normalized spacial score (nSPS) is 12.4. The van der Waals surface area contributed by atoms with Gasteiger partial charge in [0.1, 0.15) is 0 Å². The summed E-state index contributed by atoms with van der Waals surface area (Å²) in [5, 5.41) is 12.7. The summed E-state index contributed by atoms with van der Waals surface area (Å²) in [7, 11) is 0. The van der Waals surface area contributed by atoms with Crippen molar-refractivity contribution in [1.82, 2.24) is 5.32 Å². The number of carbonyl (C=O) groups is 1. The zero-order chi connectivity index (χ0) is 15.2. The molecule has 0 atom stereocenters. The molecular weight excluding hydrogens is 250 g/mol. The van der Waals surface area contributed by atoms with Crippen molar-refractivity contribution < 1.29 is 9.90 Å². The lowest BCUT2D eigenvalue weighted by molar-refractivity contribution is -0.151. The van der Waals surface area contributed by atoms with Crippen molar-refractivity contribution in [2.45, 2.75) is 52.5 Å². The molecule has 20 heavy (non-hydrogen) atoms. The third-order valence-corrected chi connectivity index (χ3v) is 4.40. The minimum atomic E-state index is -0.785. The van der Waals surface area contributed by atoms with Gasteiger partial charge in [-0.1, -0.05) is 30.3 Å². The fourth-order valence-corrected chi connectivity index (χ4v) is 1.99. The van der Waals surface area contributed by atoms with Crippen molar-refractivity contribution in [3.05, 3.63) is 35.9 Å². The lowest BCUT2D eigenvalue weighted by atomic mass is 9.74. The van der Waals surface area contributed by atoms with Crippen LogP contribution in [0.4, 0.5) is 0 Å². The van der Waals surface area contributed by atoms with Gasteiger partial charge in [0.2, 0.25) is 0 Å². The highest BCUT2D eigenvalue weighted by molar-refractivity contribution is 5.75. The molecule has 0 unspecified atom stereocenters.